The van der Waals surface area contributed by atoms with Crippen LogP contribution in [0.1, 0.15) is 56.3 Å². The molecule has 1 aromatic heterocycles. The van der Waals surface area contributed by atoms with Crippen LogP contribution in [0, 0.1) is 0 Å². The average Bonchev–Trinajstić information content (AvgIpc) is 3.15. The van der Waals surface area contributed by atoms with E-state index in [1.807, 2.05) is 26.0 Å². The molecule has 118 valence electrons. The molecular formula is C17H22N2O2S. The molecule has 1 saturated carbocycles. The van der Waals surface area contributed by atoms with Gasteiger partial charge in [-0.1, -0.05) is 31.1 Å². The number of anilines is 1. The molecule has 1 aromatic carbocycles. The highest BCUT2D eigenvalue weighted by Gasteiger charge is 2.17. The van der Waals surface area contributed by atoms with Crippen molar-refractivity contribution in [2.75, 3.05) is 5.32 Å². The number of hydrogen-bond donors (Lipinski definition) is 1. The number of hydrogen-bond acceptors (Lipinski definition) is 5. The second kappa shape index (κ2) is 6.65. The molecule has 5 heteroatoms. The topological polar surface area (TPSA) is 51.2 Å². The molecular weight excluding hydrogens is 296 g/mol. The predicted molar refractivity (Wildman–Crippen MR) is 90.7 cm³/mol. The number of thiazole rings is 1. The molecule has 1 atom stereocenters. The monoisotopic (exact) mass is 318 g/mol. The van der Waals surface area contributed by atoms with Crippen molar-refractivity contribution in [1.29, 1.82) is 0 Å². The van der Waals surface area contributed by atoms with Crippen molar-refractivity contribution in [3.05, 3.63) is 23.8 Å². The number of esters is 1. The maximum atomic E-state index is 12.1. The zero-order valence-electron chi connectivity index (χ0n) is 13.1. The molecule has 22 heavy (non-hydrogen) atoms. The van der Waals surface area contributed by atoms with Crippen molar-refractivity contribution < 1.29 is 9.53 Å². The molecule has 0 saturated heterocycles. The van der Waals surface area contributed by atoms with Gasteiger partial charge in [0.25, 0.3) is 0 Å². The van der Waals surface area contributed by atoms with Gasteiger partial charge in [0.05, 0.1) is 21.9 Å². The van der Waals surface area contributed by atoms with Gasteiger partial charge in [-0.05, 0) is 44.4 Å². The van der Waals surface area contributed by atoms with Gasteiger partial charge in [0.15, 0.2) is 5.13 Å². The first-order valence-electron chi connectivity index (χ1n) is 8.04. The number of carbonyl (C=O) groups excluding carboxylic acids is 1. The molecule has 1 aliphatic carbocycles. The lowest BCUT2D eigenvalue weighted by Gasteiger charge is -2.10. The maximum absolute atomic E-state index is 12.1. The Morgan fingerprint density at radius 1 is 1.45 bits per heavy atom. The highest BCUT2D eigenvalue weighted by Crippen LogP contribution is 2.30. The van der Waals surface area contributed by atoms with Crippen LogP contribution < -0.4 is 5.32 Å². The van der Waals surface area contributed by atoms with Crippen LogP contribution in [-0.2, 0) is 4.74 Å². The molecule has 1 heterocycles. The van der Waals surface area contributed by atoms with Crippen molar-refractivity contribution in [3.63, 3.8) is 0 Å². The van der Waals surface area contributed by atoms with Gasteiger partial charge in [0.1, 0.15) is 0 Å². The fourth-order valence-electron chi connectivity index (χ4n) is 2.69. The summed E-state index contributed by atoms with van der Waals surface area (Å²) in [5.41, 5.74) is 1.54. The molecule has 3 rings (SSSR count). The van der Waals surface area contributed by atoms with E-state index in [1.54, 1.807) is 17.4 Å². The molecule has 0 amide bonds. The third-order valence-corrected chi connectivity index (χ3v) is 5.14. The Hall–Kier alpha value is -1.62. The highest BCUT2D eigenvalue weighted by atomic mass is 32.1. The van der Waals surface area contributed by atoms with Crippen LogP contribution >= 0.6 is 11.3 Å². The summed E-state index contributed by atoms with van der Waals surface area (Å²) in [6.07, 6.45) is 5.82. The Morgan fingerprint density at radius 2 is 2.23 bits per heavy atom. The van der Waals surface area contributed by atoms with E-state index >= 15 is 0 Å². The van der Waals surface area contributed by atoms with Crippen LogP contribution in [0.15, 0.2) is 18.2 Å². The summed E-state index contributed by atoms with van der Waals surface area (Å²) in [7, 11) is 0. The lowest BCUT2D eigenvalue weighted by atomic mass is 10.2. The number of rotatable bonds is 5. The van der Waals surface area contributed by atoms with E-state index in [9.17, 15) is 4.79 Å². The van der Waals surface area contributed by atoms with Crippen molar-refractivity contribution in [2.24, 2.45) is 0 Å². The van der Waals surface area contributed by atoms with Gasteiger partial charge in [-0.25, -0.2) is 9.78 Å². The average molecular weight is 318 g/mol. The van der Waals surface area contributed by atoms with Crippen molar-refractivity contribution in [3.8, 4) is 0 Å². The fraction of sp³-hybridized carbons (Fsp3) is 0.529. The number of nitrogens with zero attached hydrogens (tertiary/aromatic N) is 1. The quantitative estimate of drug-likeness (QED) is 0.818. The van der Waals surface area contributed by atoms with Crippen molar-refractivity contribution in [2.45, 2.75) is 58.1 Å². The Morgan fingerprint density at radius 3 is 2.95 bits per heavy atom. The smallest absolute Gasteiger partial charge is 0.338 e. The summed E-state index contributed by atoms with van der Waals surface area (Å²) in [4.78, 5) is 16.7. The van der Waals surface area contributed by atoms with Crippen LogP contribution in [0.2, 0.25) is 0 Å². The largest absolute Gasteiger partial charge is 0.459 e. The lowest BCUT2D eigenvalue weighted by Crippen LogP contribution is -2.13. The summed E-state index contributed by atoms with van der Waals surface area (Å²) in [5.74, 6) is -0.255. The third-order valence-electron chi connectivity index (χ3n) is 4.19. The minimum atomic E-state index is -0.255. The van der Waals surface area contributed by atoms with E-state index in [1.165, 1.54) is 25.7 Å². The molecule has 4 nitrogen and oxygen atoms in total. The summed E-state index contributed by atoms with van der Waals surface area (Å²) in [6.45, 7) is 3.91. The summed E-state index contributed by atoms with van der Waals surface area (Å²) < 4.78 is 6.41. The first-order valence-corrected chi connectivity index (χ1v) is 8.85. The van der Waals surface area contributed by atoms with E-state index in [4.69, 9.17) is 4.74 Å². The normalized spacial score (nSPS) is 16.8. The first kappa shape index (κ1) is 15.3. The van der Waals surface area contributed by atoms with Crippen molar-refractivity contribution in [1.82, 2.24) is 4.98 Å². The summed E-state index contributed by atoms with van der Waals surface area (Å²) in [6, 6.07) is 6.14. The fourth-order valence-corrected chi connectivity index (χ4v) is 3.67. The van der Waals surface area contributed by atoms with Gasteiger partial charge in [-0.3, -0.25) is 0 Å². The van der Waals surface area contributed by atoms with Gasteiger partial charge >= 0.3 is 5.97 Å². The van der Waals surface area contributed by atoms with Gasteiger partial charge < -0.3 is 10.1 Å². The number of fused-ring (bicyclic) bond motifs is 1. The molecule has 2 aromatic rings. The van der Waals surface area contributed by atoms with Crippen molar-refractivity contribution >= 4 is 32.7 Å². The number of nitrogens with one attached hydrogen (secondary N) is 1. The third kappa shape index (κ3) is 3.40. The highest BCUT2D eigenvalue weighted by molar-refractivity contribution is 7.22. The van der Waals surface area contributed by atoms with E-state index in [0.29, 0.717) is 11.6 Å². The molecule has 1 unspecified atom stereocenters. The van der Waals surface area contributed by atoms with Crippen LogP contribution in [0.5, 0.6) is 0 Å². The molecule has 1 N–H and O–H groups in total. The SMILES string of the molecule is CCC(C)OC(=O)c1ccc2nc(NC3CCCC3)sc2c1. The van der Waals surface area contributed by atoms with E-state index in [0.717, 1.165) is 21.8 Å². The minimum absolute atomic E-state index is 0.0516. The van der Waals surface area contributed by atoms with Crippen LogP contribution in [0.3, 0.4) is 0 Å². The number of benzene rings is 1. The van der Waals surface area contributed by atoms with Crippen LogP contribution in [-0.4, -0.2) is 23.1 Å². The molecule has 1 fully saturated rings. The Bertz CT molecular complexity index is 662. The second-order valence-corrected chi connectivity index (χ2v) is 6.98. The van der Waals surface area contributed by atoms with E-state index in [2.05, 4.69) is 10.3 Å². The first-order chi connectivity index (χ1) is 10.7. The van der Waals surface area contributed by atoms with E-state index in [-0.39, 0.29) is 12.1 Å². The number of ether oxygens (including phenoxy) is 1. The van der Waals surface area contributed by atoms with Gasteiger partial charge in [0.2, 0.25) is 0 Å². The van der Waals surface area contributed by atoms with Crippen LogP contribution in [0.25, 0.3) is 10.2 Å². The molecule has 0 radical (unpaired) electrons. The zero-order valence-corrected chi connectivity index (χ0v) is 13.9. The zero-order chi connectivity index (χ0) is 15.5. The Kier molecular flexibility index (Phi) is 4.62. The minimum Gasteiger partial charge on any atom is -0.459 e. The summed E-state index contributed by atoms with van der Waals surface area (Å²) >= 11 is 1.61. The summed E-state index contributed by atoms with van der Waals surface area (Å²) in [5, 5.41) is 4.46. The molecule has 1 aliphatic rings. The molecule has 0 spiro atoms. The lowest BCUT2D eigenvalue weighted by molar-refractivity contribution is 0.0334. The van der Waals surface area contributed by atoms with Gasteiger partial charge in [-0.15, -0.1) is 0 Å². The Balaban J connectivity index is 1.76. The number of aromatic nitrogens is 1. The predicted octanol–water partition coefficient (Wildman–Crippen LogP) is 4.61. The molecule has 0 bridgehead atoms. The second-order valence-electron chi connectivity index (χ2n) is 5.95. The Labute approximate surface area is 134 Å². The van der Waals surface area contributed by atoms with Gasteiger partial charge in [-0.2, -0.15) is 0 Å². The van der Waals surface area contributed by atoms with E-state index < -0.39 is 0 Å². The van der Waals surface area contributed by atoms with Crippen LogP contribution in [0.4, 0.5) is 5.13 Å². The molecule has 0 aliphatic heterocycles. The van der Waals surface area contributed by atoms with Gasteiger partial charge in [0, 0.05) is 6.04 Å². The maximum Gasteiger partial charge on any atom is 0.338 e. The standard InChI is InChI=1S/C17H22N2O2S/c1-3-11(2)21-16(20)12-8-9-14-15(10-12)22-17(19-14)18-13-6-4-5-7-13/h8-11,13H,3-7H2,1-2H3,(H,18,19). The number of carbonyl (C=O) groups is 1.